The summed E-state index contributed by atoms with van der Waals surface area (Å²) < 4.78 is 12.4. The van der Waals surface area contributed by atoms with Gasteiger partial charge in [0.2, 0.25) is 0 Å². The van der Waals surface area contributed by atoms with Crippen molar-refractivity contribution in [3.63, 3.8) is 0 Å². The summed E-state index contributed by atoms with van der Waals surface area (Å²) in [6, 6.07) is 0. The quantitative estimate of drug-likeness (QED) is 0.361. The van der Waals surface area contributed by atoms with Gasteiger partial charge in [0.05, 0.1) is 0 Å². The average molecular weight is 221 g/mol. The number of unbranched alkanes of at least 4 members (excludes halogenated alkanes) is 3. The minimum Gasteiger partial charge on any atom is -0.207 e. The Hall–Kier alpha value is -0.110. The van der Waals surface area contributed by atoms with Gasteiger partial charge in [0.15, 0.2) is 0 Å². The topological polar surface area (TPSA) is 0 Å². The summed E-state index contributed by atoms with van der Waals surface area (Å²) in [5, 5.41) is 1.04. The van der Waals surface area contributed by atoms with Gasteiger partial charge in [0.25, 0.3) is 0 Å². The van der Waals surface area contributed by atoms with Crippen LogP contribution in [0.25, 0.3) is 0 Å². The molecule has 0 aromatic rings. The van der Waals surface area contributed by atoms with E-state index in [1.54, 1.807) is 6.08 Å². The monoisotopic (exact) mass is 220 g/mol. The first-order chi connectivity index (χ1) is 5.31. The van der Waals surface area contributed by atoms with E-state index in [1.165, 1.54) is 12.5 Å². The van der Waals surface area contributed by atoms with Gasteiger partial charge in [0, 0.05) is 5.33 Å². The molecule has 0 N–H and O–H groups in total. The largest absolute Gasteiger partial charge is 0.207 e. The summed E-state index contributed by atoms with van der Waals surface area (Å²) in [4.78, 5) is 0. The molecule has 11 heavy (non-hydrogen) atoms. The summed E-state index contributed by atoms with van der Waals surface area (Å²) in [5.74, 6) is -0.205. The van der Waals surface area contributed by atoms with Gasteiger partial charge in [-0.1, -0.05) is 28.9 Å². The maximum absolute atomic E-state index is 12.4. The molecule has 0 rings (SSSR count). The van der Waals surface area contributed by atoms with Crippen molar-refractivity contribution in [2.75, 3.05) is 5.33 Å². The van der Waals surface area contributed by atoms with Gasteiger partial charge in [-0.2, -0.15) is 0 Å². The van der Waals surface area contributed by atoms with Crippen molar-refractivity contribution in [3.8, 4) is 0 Å². The van der Waals surface area contributed by atoms with E-state index in [4.69, 9.17) is 0 Å². The average Bonchev–Trinajstić information content (AvgIpc) is 2.04. The predicted molar refractivity (Wildman–Crippen MR) is 51.7 cm³/mol. The van der Waals surface area contributed by atoms with Gasteiger partial charge >= 0.3 is 0 Å². The van der Waals surface area contributed by atoms with Gasteiger partial charge < -0.3 is 0 Å². The molecule has 0 aliphatic rings. The van der Waals surface area contributed by atoms with E-state index in [2.05, 4.69) is 22.5 Å². The molecule has 0 aromatic carbocycles. The molecule has 0 nitrogen and oxygen atoms in total. The molecular formula is C9H14BrF. The summed E-state index contributed by atoms with van der Waals surface area (Å²) in [6.07, 6.45) is 7.04. The Morgan fingerprint density at radius 3 is 2.64 bits per heavy atom. The van der Waals surface area contributed by atoms with Crippen molar-refractivity contribution in [2.24, 2.45) is 0 Å². The molecular weight excluding hydrogens is 207 g/mol. The highest BCUT2D eigenvalue weighted by Crippen LogP contribution is 2.06. The zero-order chi connectivity index (χ0) is 8.53. The van der Waals surface area contributed by atoms with Crippen LogP contribution in [0.4, 0.5) is 4.39 Å². The third-order valence-electron chi connectivity index (χ3n) is 1.37. The van der Waals surface area contributed by atoms with Crippen LogP contribution in [-0.2, 0) is 0 Å². The molecule has 0 heterocycles. The van der Waals surface area contributed by atoms with Crippen molar-refractivity contribution in [2.45, 2.75) is 25.7 Å². The number of hydrogen-bond donors (Lipinski definition) is 0. The lowest BCUT2D eigenvalue weighted by molar-refractivity contribution is 0.650. The molecule has 0 aliphatic carbocycles. The molecule has 64 valence electrons. The number of rotatable bonds is 6. The SMILES string of the molecule is C=C/C(F)=C\CCCCCBr. The maximum atomic E-state index is 12.4. The highest BCUT2D eigenvalue weighted by Gasteiger charge is 1.87. The second kappa shape index (κ2) is 7.99. The standard InChI is InChI=1S/C9H14BrF/c1-2-9(11)7-5-3-4-6-8-10/h2,7H,1,3-6,8H2/b9-7+. The van der Waals surface area contributed by atoms with Crippen LogP contribution >= 0.6 is 15.9 Å². The Labute approximate surface area is 76.3 Å². The first-order valence-electron chi connectivity index (χ1n) is 3.85. The molecule has 0 atom stereocenters. The molecule has 0 spiro atoms. The van der Waals surface area contributed by atoms with Crippen molar-refractivity contribution in [3.05, 3.63) is 24.6 Å². The van der Waals surface area contributed by atoms with Crippen molar-refractivity contribution in [1.29, 1.82) is 0 Å². The Kier molecular flexibility index (Phi) is 7.91. The third-order valence-corrected chi connectivity index (χ3v) is 1.93. The fraction of sp³-hybridized carbons (Fsp3) is 0.556. The zero-order valence-electron chi connectivity index (χ0n) is 6.65. The fourth-order valence-electron chi connectivity index (χ4n) is 0.739. The molecule has 0 saturated heterocycles. The van der Waals surface area contributed by atoms with E-state index in [9.17, 15) is 4.39 Å². The Bertz CT molecular complexity index is 130. The molecule has 0 amide bonds. The summed E-state index contributed by atoms with van der Waals surface area (Å²) in [5.41, 5.74) is 0. The molecule has 0 fully saturated rings. The van der Waals surface area contributed by atoms with E-state index in [0.29, 0.717) is 0 Å². The molecule has 2 heteroatoms. The third kappa shape index (κ3) is 7.79. The van der Waals surface area contributed by atoms with Crippen LogP contribution < -0.4 is 0 Å². The van der Waals surface area contributed by atoms with E-state index in [-0.39, 0.29) is 5.83 Å². The van der Waals surface area contributed by atoms with E-state index >= 15 is 0 Å². The summed E-state index contributed by atoms with van der Waals surface area (Å²) in [7, 11) is 0. The Morgan fingerprint density at radius 1 is 1.36 bits per heavy atom. The highest BCUT2D eigenvalue weighted by molar-refractivity contribution is 9.09. The minimum absolute atomic E-state index is 0.205. The minimum atomic E-state index is -0.205. The Balaban J connectivity index is 3.19. The van der Waals surface area contributed by atoms with Crippen molar-refractivity contribution < 1.29 is 4.39 Å². The smallest absolute Gasteiger partial charge is 0.118 e. The number of halogens is 2. The number of allylic oxidation sites excluding steroid dienone is 3. The number of alkyl halides is 1. The van der Waals surface area contributed by atoms with Gasteiger partial charge in [-0.25, -0.2) is 4.39 Å². The molecule has 0 bridgehead atoms. The molecule has 0 radical (unpaired) electrons. The van der Waals surface area contributed by atoms with Crippen LogP contribution in [-0.4, -0.2) is 5.33 Å². The lowest BCUT2D eigenvalue weighted by atomic mass is 10.2. The van der Waals surface area contributed by atoms with Crippen LogP contribution in [0.2, 0.25) is 0 Å². The normalized spacial score (nSPS) is 11.6. The van der Waals surface area contributed by atoms with Crippen molar-refractivity contribution >= 4 is 15.9 Å². The molecule has 0 aromatic heterocycles. The van der Waals surface area contributed by atoms with Crippen LogP contribution in [0.3, 0.4) is 0 Å². The van der Waals surface area contributed by atoms with E-state index in [1.807, 2.05) is 0 Å². The molecule has 0 unspecified atom stereocenters. The number of hydrogen-bond acceptors (Lipinski definition) is 0. The van der Waals surface area contributed by atoms with Gasteiger partial charge in [0.1, 0.15) is 5.83 Å². The van der Waals surface area contributed by atoms with Crippen LogP contribution in [0.5, 0.6) is 0 Å². The Morgan fingerprint density at radius 2 is 2.09 bits per heavy atom. The maximum Gasteiger partial charge on any atom is 0.118 e. The summed E-state index contributed by atoms with van der Waals surface area (Å²) in [6.45, 7) is 3.32. The lowest BCUT2D eigenvalue weighted by Crippen LogP contribution is -1.76. The van der Waals surface area contributed by atoms with Gasteiger partial charge in [-0.05, 0) is 31.4 Å². The first-order valence-corrected chi connectivity index (χ1v) is 4.97. The van der Waals surface area contributed by atoms with E-state index in [0.717, 1.165) is 24.6 Å². The fourth-order valence-corrected chi connectivity index (χ4v) is 1.14. The predicted octanol–water partition coefficient (Wildman–Crippen LogP) is 3.98. The first kappa shape index (κ1) is 10.9. The van der Waals surface area contributed by atoms with Crippen LogP contribution in [0.1, 0.15) is 25.7 Å². The highest BCUT2D eigenvalue weighted by atomic mass is 79.9. The van der Waals surface area contributed by atoms with E-state index < -0.39 is 0 Å². The van der Waals surface area contributed by atoms with Crippen molar-refractivity contribution in [1.82, 2.24) is 0 Å². The lowest BCUT2D eigenvalue weighted by Gasteiger charge is -1.93. The van der Waals surface area contributed by atoms with Gasteiger partial charge in [-0.15, -0.1) is 0 Å². The summed E-state index contributed by atoms with van der Waals surface area (Å²) >= 11 is 3.34. The van der Waals surface area contributed by atoms with Gasteiger partial charge in [-0.3, -0.25) is 0 Å². The molecule has 0 aliphatic heterocycles. The molecule has 0 saturated carbocycles. The zero-order valence-corrected chi connectivity index (χ0v) is 8.24. The van der Waals surface area contributed by atoms with Crippen LogP contribution in [0.15, 0.2) is 24.6 Å². The van der Waals surface area contributed by atoms with Crippen LogP contribution in [0, 0.1) is 0 Å². The second-order valence-electron chi connectivity index (χ2n) is 2.33. The second-order valence-corrected chi connectivity index (χ2v) is 3.12.